The number of nitrogens with zero attached hydrogens (tertiary/aromatic N) is 1. The summed E-state index contributed by atoms with van der Waals surface area (Å²) in [5.74, 6) is -1.22. The van der Waals surface area contributed by atoms with Gasteiger partial charge in [-0.1, -0.05) is 6.42 Å². The molecule has 86 valence electrons. The van der Waals surface area contributed by atoms with Gasteiger partial charge in [-0.2, -0.15) is 0 Å². The third-order valence-electron chi connectivity index (χ3n) is 3.21. The molecule has 2 unspecified atom stereocenters. The first kappa shape index (κ1) is 12.0. The largest absolute Gasteiger partial charge is 0.481 e. The number of carboxylic acids is 1. The average Bonchev–Trinajstić information content (AvgIpc) is 2.40. The molecular formula is C11H19NO3. The van der Waals surface area contributed by atoms with Crippen LogP contribution in [-0.2, 0) is 9.59 Å². The zero-order valence-electron chi connectivity index (χ0n) is 9.40. The van der Waals surface area contributed by atoms with Crippen LogP contribution in [0.5, 0.6) is 0 Å². The lowest BCUT2D eigenvalue weighted by Crippen LogP contribution is -2.44. The highest BCUT2D eigenvalue weighted by atomic mass is 16.4. The maximum atomic E-state index is 11.7. The average molecular weight is 213 g/mol. The molecule has 0 radical (unpaired) electrons. The molecule has 1 fully saturated rings. The van der Waals surface area contributed by atoms with Gasteiger partial charge in [0.25, 0.3) is 0 Å². The maximum absolute atomic E-state index is 11.7. The van der Waals surface area contributed by atoms with Crippen LogP contribution in [-0.4, -0.2) is 34.5 Å². The highest BCUT2D eigenvalue weighted by Gasteiger charge is 2.29. The van der Waals surface area contributed by atoms with Crippen molar-refractivity contribution in [2.45, 2.75) is 45.6 Å². The Hall–Kier alpha value is -1.06. The van der Waals surface area contributed by atoms with Crippen LogP contribution in [0.1, 0.15) is 39.5 Å². The Balaban J connectivity index is 2.67. The van der Waals surface area contributed by atoms with Gasteiger partial charge in [0.1, 0.15) is 0 Å². The molecule has 1 rings (SSSR count). The number of carbonyl (C=O) groups is 2. The monoisotopic (exact) mass is 213 g/mol. The summed E-state index contributed by atoms with van der Waals surface area (Å²) in [5.41, 5.74) is 0. The van der Waals surface area contributed by atoms with E-state index in [9.17, 15) is 9.59 Å². The van der Waals surface area contributed by atoms with E-state index >= 15 is 0 Å². The van der Waals surface area contributed by atoms with Crippen LogP contribution in [0.2, 0.25) is 0 Å². The Morgan fingerprint density at radius 3 is 2.60 bits per heavy atom. The predicted molar refractivity (Wildman–Crippen MR) is 56.4 cm³/mol. The third kappa shape index (κ3) is 2.94. The van der Waals surface area contributed by atoms with Gasteiger partial charge in [-0.05, 0) is 26.7 Å². The number of hydrogen-bond acceptors (Lipinski definition) is 2. The number of amides is 1. The minimum Gasteiger partial charge on any atom is -0.481 e. The van der Waals surface area contributed by atoms with Crippen LogP contribution in [0.4, 0.5) is 0 Å². The molecule has 2 atom stereocenters. The molecule has 0 aromatic heterocycles. The van der Waals surface area contributed by atoms with E-state index in [4.69, 9.17) is 5.11 Å². The van der Waals surface area contributed by atoms with Gasteiger partial charge in [0.05, 0.1) is 5.92 Å². The molecule has 0 bridgehead atoms. The van der Waals surface area contributed by atoms with Gasteiger partial charge in [0, 0.05) is 19.0 Å². The molecule has 1 aliphatic rings. The van der Waals surface area contributed by atoms with E-state index in [0.29, 0.717) is 13.0 Å². The number of carbonyl (C=O) groups excluding carboxylic acids is 1. The summed E-state index contributed by atoms with van der Waals surface area (Å²) in [6.45, 7) is 4.19. The first-order valence-electron chi connectivity index (χ1n) is 5.56. The molecule has 1 saturated heterocycles. The SMILES string of the molecule is CC(C(=O)O)C(C)N1CCCCCC1=O. The van der Waals surface area contributed by atoms with Crippen LogP contribution in [0, 0.1) is 5.92 Å². The molecule has 0 spiro atoms. The van der Waals surface area contributed by atoms with E-state index in [1.165, 1.54) is 0 Å². The standard InChI is InChI=1S/C11H19NO3/c1-8(11(14)15)9(2)12-7-5-3-4-6-10(12)13/h8-9H,3-7H2,1-2H3,(H,14,15). The molecule has 1 aliphatic heterocycles. The fraction of sp³-hybridized carbons (Fsp3) is 0.818. The topological polar surface area (TPSA) is 57.6 Å². The van der Waals surface area contributed by atoms with Crippen molar-refractivity contribution in [1.82, 2.24) is 4.90 Å². The van der Waals surface area contributed by atoms with E-state index in [1.807, 2.05) is 6.92 Å². The van der Waals surface area contributed by atoms with E-state index in [1.54, 1.807) is 11.8 Å². The zero-order valence-corrected chi connectivity index (χ0v) is 9.40. The van der Waals surface area contributed by atoms with Crippen molar-refractivity contribution in [2.24, 2.45) is 5.92 Å². The second-order valence-corrected chi connectivity index (χ2v) is 4.27. The lowest BCUT2D eigenvalue weighted by atomic mass is 10.0. The van der Waals surface area contributed by atoms with Crippen molar-refractivity contribution in [1.29, 1.82) is 0 Å². The van der Waals surface area contributed by atoms with Crippen molar-refractivity contribution in [3.8, 4) is 0 Å². The van der Waals surface area contributed by atoms with Gasteiger partial charge < -0.3 is 10.0 Å². The van der Waals surface area contributed by atoms with E-state index in [2.05, 4.69) is 0 Å². The molecule has 1 heterocycles. The summed E-state index contributed by atoms with van der Waals surface area (Å²) in [6.07, 6.45) is 3.55. The summed E-state index contributed by atoms with van der Waals surface area (Å²) in [4.78, 5) is 24.3. The van der Waals surface area contributed by atoms with E-state index in [-0.39, 0.29) is 11.9 Å². The normalized spacial score (nSPS) is 22.0. The van der Waals surface area contributed by atoms with Crippen LogP contribution < -0.4 is 0 Å². The van der Waals surface area contributed by atoms with Crippen LogP contribution >= 0.6 is 0 Å². The third-order valence-corrected chi connectivity index (χ3v) is 3.21. The highest BCUT2D eigenvalue weighted by molar-refractivity contribution is 5.78. The summed E-state index contributed by atoms with van der Waals surface area (Å²) in [5, 5.41) is 8.90. The summed E-state index contributed by atoms with van der Waals surface area (Å²) < 4.78 is 0. The van der Waals surface area contributed by atoms with Crippen molar-refractivity contribution in [3.63, 3.8) is 0 Å². The first-order valence-corrected chi connectivity index (χ1v) is 5.56. The van der Waals surface area contributed by atoms with Crippen LogP contribution in [0.3, 0.4) is 0 Å². The van der Waals surface area contributed by atoms with Gasteiger partial charge in [-0.25, -0.2) is 0 Å². The predicted octanol–water partition coefficient (Wildman–Crippen LogP) is 1.50. The number of aliphatic carboxylic acids is 1. The molecule has 1 amide bonds. The smallest absolute Gasteiger partial charge is 0.308 e. The van der Waals surface area contributed by atoms with Gasteiger partial charge in [-0.15, -0.1) is 0 Å². The minimum atomic E-state index is -0.834. The summed E-state index contributed by atoms with van der Waals surface area (Å²) in [6, 6.07) is -0.201. The van der Waals surface area contributed by atoms with E-state index in [0.717, 1.165) is 19.3 Å². The Morgan fingerprint density at radius 1 is 1.33 bits per heavy atom. The lowest BCUT2D eigenvalue weighted by molar-refractivity contribution is -0.145. The Labute approximate surface area is 90.3 Å². The fourth-order valence-electron chi connectivity index (χ4n) is 1.91. The van der Waals surface area contributed by atoms with Gasteiger partial charge in [0.15, 0.2) is 0 Å². The summed E-state index contributed by atoms with van der Waals surface area (Å²) in [7, 11) is 0. The molecule has 1 N–H and O–H groups in total. The number of rotatable bonds is 3. The quantitative estimate of drug-likeness (QED) is 0.772. The minimum absolute atomic E-state index is 0.105. The Bertz CT molecular complexity index is 252. The molecule has 0 aliphatic carbocycles. The molecule has 4 nitrogen and oxygen atoms in total. The zero-order chi connectivity index (χ0) is 11.4. The van der Waals surface area contributed by atoms with Gasteiger partial charge in [-0.3, -0.25) is 9.59 Å². The first-order chi connectivity index (χ1) is 7.04. The Morgan fingerprint density at radius 2 is 2.00 bits per heavy atom. The van der Waals surface area contributed by atoms with Crippen molar-refractivity contribution in [2.75, 3.05) is 6.54 Å². The molecule has 4 heteroatoms. The van der Waals surface area contributed by atoms with Crippen molar-refractivity contribution >= 4 is 11.9 Å². The fourth-order valence-corrected chi connectivity index (χ4v) is 1.91. The van der Waals surface area contributed by atoms with E-state index < -0.39 is 11.9 Å². The van der Waals surface area contributed by atoms with Gasteiger partial charge in [0.2, 0.25) is 5.91 Å². The lowest BCUT2D eigenvalue weighted by Gasteiger charge is -2.30. The molecule has 15 heavy (non-hydrogen) atoms. The maximum Gasteiger partial charge on any atom is 0.308 e. The number of likely N-dealkylation sites (tertiary alicyclic amines) is 1. The Kier molecular flexibility index (Phi) is 4.12. The van der Waals surface area contributed by atoms with Gasteiger partial charge >= 0.3 is 5.97 Å². The summed E-state index contributed by atoms with van der Waals surface area (Å²) >= 11 is 0. The highest BCUT2D eigenvalue weighted by Crippen LogP contribution is 2.18. The molecule has 0 aromatic carbocycles. The number of hydrogen-bond donors (Lipinski definition) is 1. The second-order valence-electron chi connectivity index (χ2n) is 4.27. The molecular weight excluding hydrogens is 194 g/mol. The number of carboxylic acid groups (broad SMARTS) is 1. The molecule has 0 saturated carbocycles. The molecule has 0 aromatic rings. The van der Waals surface area contributed by atoms with Crippen molar-refractivity contribution in [3.05, 3.63) is 0 Å². The van der Waals surface area contributed by atoms with Crippen molar-refractivity contribution < 1.29 is 14.7 Å². The second kappa shape index (κ2) is 5.14. The van der Waals surface area contributed by atoms with Crippen LogP contribution in [0.15, 0.2) is 0 Å². The van der Waals surface area contributed by atoms with Crippen LogP contribution in [0.25, 0.3) is 0 Å².